The number of nitrogens with zero attached hydrogens (tertiary/aromatic N) is 1. The van der Waals surface area contributed by atoms with Gasteiger partial charge in [-0.1, -0.05) is 20.3 Å². The monoisotopic (exact) mass is 232 g/mol. The molecule has 0 aromatic carbocycles. The zero-order valence-electron chi connectivity index (χ0n) is 11.2. The van der Waals surface area contributed by atoms with E-state index in [0.717, 1.165) is 19.4 Å². The van der Waals surface area contributed by atoms with Crippen LogP contribution in [0.3, 0.4) is 0 Å². The summed E-state index contributed by atoms with van der Waals surface area (Å²) in [5.41, 5.74) is 5.97. The molecule has 2 unspecified atom stereocenters. The van der Waals surface area contributed by atoms with E-state index < -0.39 is 6.10 Å². The van der Waals surface area contributed by atoms with Crippen molar-refractivity contribution < 1.29 is 9.84 Å². The Kier molecular flexibility index (Phi) is 7.93. The van der Waals surface area contributed by atoms with Gasteiger partial charge in [-0.05, 0) is 25.4 Å². The lowest BCUT2D eigenvalue weighted by atomic mass is 9.85. The van der Waals surface area contributed by atoms with Gasteiger partial charge in [0.2, 0.25) is 0 Å². The number of likely N-dealkylation sites (N-methyl/N-ethyl adjacent to an activating group) is 1. The molecular weight excluding hydrogens is 204 g/mol. The van der Waals surface area contributed by atoms with E-state index in [-0.39, 0.29) is 5.41 Å². The van der Waals surface area contributed by atoms with Gasteiger partial charge in [-0.25, -0.2) is 0 Å². The summed E-state index contributed by atoms with van der Waals surface area (Å²) in [6, 6.07) is 0. The molecule has 0 radical (unpaired) electrons. The zero-order chi connectivity index (χ0) is 12.6. The van der Waals surface area contributed by atoms with Crippen LogP contribution in [0.5, 0.6) is 0 Å². The Morgan fingerprint density at radius 3 is 2.56 bits per heavy atom. The van der Waals surface area contributed by atoms with Crippen LogP contribution in [0.1, 0.15) is 26.7 Å². The van der Waals surface area contributed by atoms with Crippen molar-refractivity contribution in [1.29, 1.82) is 0 Å². The molecule has 4 heteroatoms. The van der Waals surface area contributed by atoms with E-state index >= 15 is 0 Å². The summed E-state index contributed by atoms with van der Waals surface area (Å²) in [5, 5.41) is 9.62. The molecule has 0 amide bonds. The lowest BCUT2D eigenvalue weighted by Gasteiger charge is -2.33. The molecule has 3 N–H and O–H groups in total. The van der Waals surface area contributed by atoms with Crippen molar-refractivity contribution in [1.82, 2.24) is 4.90 Å². The molecule has 0 saturated carbocycles. The van der Waals surface area contributed by atoms with E-state index in [9.17, 15) is 5.11 Å². The molecule has 0 bridgehead atoms. The summed E-state index contributed by atoms with van der Waals surface area (Å²) in [5.74, 6) is 0. The molecule has 98 valence electrons. The van der Waals surface area contributed by atoms with Crippen molar-refractivity contribution in [3.63, 3.8) is 0 Å². The first-order chi connectivity index (χ1) is 7.47. The van der Waals surface area contributed by atoms with E-state index in [0.29, 0.717) is 19.7 Å². The lowest BCUT2D eigenvalue weighted by Crippen LogP contribution is -2.42. The Balaban J connectivity index is 4.04. The van der Waals surface area contributed by atoms with E-state index in [4.69, 9.17) is 10.5 Å². The maximum absolute atomic E-state index is 9.62. The normalized spacial score (nSPS) is 17.4. The van der Waals surface area contributed by atoms with Crippen LogP contribution in [-0.4, -0.2) is 56.5 Å². The molecule has 0 aliphatic carbocycles. The average molecular weight is 232 g/mol. The van der Waals surface area contributed by atoms with Gasteiger partial charge >= 0.3 is 0 Å². The number of ether oxygens (including phenoxy) is 1. The number of nitrogens with two attached hydrogens (primary N) is 1. The van der Waals surface area contributed by atoms with Gasteiger partial charge < -0.3 is 20.5 Å². The highest BCUT2D eigenvalue weighted by molar-refractivity contribution is 4.79. The van der Waals surface area contributed by atoms with E-state index in [1.165, 1.54) is 0 Å². The van der Waals surface area contributed by atoms with Crippen molar-refractivity contribution in [2.45, 2.75) is 32.8 Å². The van der Waals surface area contributed by atoms with Gasteiger partial charge in [0.15, 0.2) is 0 Å². The van der Waals surface area contributed by atoms with Crippen molar-refractivity contribution in [2.75, 3.05) is 40.4 Å². The number of hydrogen-bond donors (Lipinski definition) is 2. The molecular formula is C12H28N2O2. The van der Waals surface area contributed by atoms with Gasteiger partial charge in [0, 0.05) is 20.2 Å². The fourth-order valence-electron chi connectivity index (χ4n) is 2.17. The number of aliphatic hydroxyl groups excluding tert-OH is 1. The van der Waals surface area contributed by atoms with Gasteiger partial charge in [-0.2, -0.15) is 0 Å². The summed E-state index contributed by atoms with van der Waals surface area (Å²) >= 11 is 0. The number of methoxy groups -OCH3 is 1. The quantitative estimate of drug-likeness (QED) is 0.614. The maximum atomic E-state index is 9.62. The third-order valence-corrected chi connectivity index (χ3v) is 2.88. The topological polar surface area (TPSA) is 58.7 Å². The predicted octanol–water partition coefficient (Wildman–Crippen LogP) is 0.691. The standard InChI is InChI=1S/C12H28N2O2/c1-5-6-12(2,9-13)10-14(3)7-11(15)8-16-4/h11,15H,5-10,13H2,1-4H3. The van der Waals surface area contributed by atoms with Crippen LogP contribution in [0.15, 0.2) is 0 Å². The molecule has 0 saturated heterocycles. The van der Waals surface area contributed by atoms with E-state index in [1.54, 1.807) is 7.11 Å². The van der Waals surface area contributed by atoms with Gasteiger partial charge in [0.1, 0.15) is 0 Å². The summed E-state index contributed by atoms with van der Waals surface area (Å²) in [7, 11) is 3.62. The summed E-state index contributed by atoms with van der Waals surface area (Å²) in [6.45, 7) is 7.00. The SMILES string of the molecule is CCCC(C)(CN)CN(C)CC(O)COC. The first-order valence-electron chi connectivity index (χ1n) is 6.03. The molecule has 0 aromatic rings. The highest BCUT2D eigenvalue weighted by Crippen LogP contribution is 2.22. The van der Waals surface area contributed by atoms with Crippen molar-refractivity contribution in [3.8, 4) is 0 Å². The van der Waals surface area contributed by atoms with E-state index in [1.807, 2.05) is 7.05 Å². The van der Waals surface area contributed by atoms with Crippen LogP contribution in [-0.2, 0) is 4.74 Å². The summed E-state index contributed by atoms with van der Waals surface area (Å²) < 4.78 is 4.91. The highest BCUT2D eigenvalue weighted by atomic mass is 16.5. The molecule has 0 aliphatic rings. The van der Waals surface area contributed by atoms with Crippen LogP contribution in [0, 0.1) is 5.41 Å². The second kappa shape index (κ2) is 8.01. The molecule has 0 aliphatic heterocycles. The third kappa shape index (κ3) is 6.43. The smallest absolute Gasteiger partial charge is 0.0899 e. The molecule has 0 fully saturated rings. The number of rotatable bonds is 9. The molecule has 16 heavy (non-hydrogen) atoms. The van der Waals surface area contributed by atoms with Crippen molar-refractivity contribution in [3.05, 3.63) is 0 Å². The molecule has 0 aromatic heterocycles. The van der Waals surface area contributed by atoms with Crippen LogP contribution < -0.4 is 5.73 Å². The number of aliphatic hydroxyl groups is 1. The minimum Gasteiger partial charge on any atom is -0.389 e. The van der Waals surface area contributed by atoms with Crippen LogP contribution in [0.4, 0.5) is 0 Å². The molecule has 4 nitrogen and oxygen atoms in total. The Bertz CT molecular complexity index is 178. The minimum absolute atomic E-state index is 0.149. The first-order valence-corrected chi connectivity index (χ1v) is 6.03. The first kappa shape index (κ1) is 15.8. The Morgan fingerprint density at radius 1 is 1.50 bits per heavy atom. The van der Waals surface area contributed by atoms with E-state index in [2.05, 4.69) is 18.7 Å². The van der Waals surface area contributed by atoms with Gasteiger partial charge in [-0.3, -0.25) is 0 Å². The largest absolute Gasteiger partial charge is 0.389 e. The molecule has 0 spiro atoms. The molecule has 0 heterocycles. The second-order valence-electron chi connectivity index (χ2n) is 5.07. The van der Waals surface area contributed by atoms with Crippen molar-refractivity contribution >= 4 is 0 Å². The van der Waals surface area contributed by atoms with Gasteiger partial charge in [0.25, 0.3) is 0 Å². The van der Waals surface area contributed by atoms with Crippen molar-refractivity contribution in [2.24, 2.45) is 11.1 Å². The lowest BCUT2D eigenvalue weighted by molar-refractivity contribution is 0.0345. The zero-order valence-corrected chi connectivity index (χ0v) is 11.2. The van der Waals surface area contributed by atoms with Crippen LogP contribution in [0.2, 0.25) is 0 Å². The highest BCUT2D eigenvalue weighted by Gasteiger charge is 2.24. The Morgan fingerprint density at radius 2 is 2.12 bits per heavy atom. The van der Waals surface area contributed by atoms with Gasteiger partial charge in [-0.15, -0.1) is 0 Å². The van der Waals surface area contributed by atoms with Crippen LogP contribution >= 0.6 is 0 Å². The van der Waals surface area contributed by atoms with Gasteiger partial charge in [0.05, 0.1) is 12.7 Å². The molecule has 0 rings (SSSR count). The minimum atomic E-state index is -0.418. The fourth-order valence-corrected chi connectivity index (χ4v) is 2.17. The Hall–Kier alpha value is -0.160. The summed E-state index contributed by atoms with van der Waals surface area (Å²) in [4.78, 5) is 2.13. The predicted molar refractivity (Wildman–Crippen MR) is 67.4 cm³/mol. The fraction of sp³-hybridized carbons (Fsp3) is 1.00. The third-order valence-electron chi connectivity index (χ3n) is 2.88. The maximum Gasteiger partial charge on any atom is 0.0899 e. The average Bonchev–Trinajstić information content (AvgIpc) is 2.17. The molecule has 2 atom stereocenters. The van der Waals surface area contributed by atoms with Crippen LogP contribution in [0.25, 0.3) is 0 Å². The second-order valence-corrected chi connectivity index (χ2v) is 5.07. The summed E-state index contributed by atoms with van der Waals surface area (Å²) in [6.07, 6.45) is 1.84. The Labute approximate surface area is 99.8 Å². The number of hydrogen-bond acceptors (Lipinski definition) is 4.